The molecule has 1 aromatic heterocycles. The lowest BCUT2D eigenvalue weighted by molar-refractivity contribution is 0.386. The second-order valence-electron chi connectivity index (χ2n) is 4.28. The summed E-state index contributed by atoms with van der Waals surface area (Å²) in [7, 11) is 3.91. The monoisotopic (exact) mass is 232 g/mol. The molecule has 5 heteroatoms. The van der Waals surface area contributed by atoms with E-state index < -0.39 is 0 Å². The first-order valence-corrected chi connectivity index (χ1v) is 5.34. The second-order valence-corrected chi connectivity index (χ2v) is 4.28. The lowest BCUT2D eigenvalue weighted by Crippen LogP contribution is -2.10. The molecule has 4 N–H and O–H groups in total. The van der Waals surface area contributed by atoms with Gasteiger partial charge in [0.1, 0.15) is 5.75 Å². The third-order valence-electron chi connectivity index (χ3n) is 2.52. The van der Waals surface area contributed by atoms with Crippen LogP contribution in [0.3, 0.4) is 0 Å². The fourth-order valence-corrected chi connectivity index (χ4v) is 1.74. The number of nitrogens with zero attached hydrogens (tertiary/aromatic N) is 2. The van der Waals surface area contributed by atoms with Gasteiger partial charge in [-0.2, -0.15) is 5.10 Å². The number of nitrogen functional groups attached to an aromatic ring is 1. The average molecular weight is 232 g/mol. The number of phenols is 1. The maximum atomic E-state index is 9.77. The molecule has 2 rings (SSSR count). The van der Waals surface area contributed by atoms with E-state index in [1.165, 1.54) is 0 Å². The van der Waals surface area contributed by atoms with Crippen LogP contribution in [-0.4, -0.2) is 34.3 Å². The molecule has 1 heterocycles. The minimum atomic E-state index is 0.292. The summed E-state index contributed by atoms with van der Waals surface area (Å²) in [6.45, 7) is 0.674. The number of nitrogens with one attached hydrogen (secondary N) is 1. The van der Waals surface area contributed by atoms with E-state index in [0.29, 0.717) is 18.0 Å². The molecule has 0 bridgehead atoms. The Morgan fingerprint density at radius 3 is 2.76 bits per heavy atom. The Balaban J connectivity index is 2.41. The van der Waals surface area contributed by atoms with Crippen LogP contribution in [0, 0.1) is 0 Å². The fraction of sp³-hybridized carbons (Fsp3) is 0.250. The van der Waals surface area contributed by atoms with Crippen LogP contribution in [0.15, 0.2) is 24.4 Å². The maximum Gasteiger partial charge on any atom is 0.120 e. The van der Waals surface area contributed by atoms with E-state index in [1.807, 2.05) is 31.1 Å². The van der Waals surface area contributed by atoms with Gasteiger partial charge in [0.2, 0.25) is 0 Å². The van der Waals surface area contributed by atoms with Crippen LogP contribution >= 0.6 is 0 Å². The topological polar surface area (TPSA) is 78.2 Å². The largest absolute Gasteiger partial charge is 0.508 e. The van der Waals surface area contributed by atoms with Crippen LogP contribution in [-0.2, 0) is 6.54 Å². The van der Waals surface area contributed by atoms with Crippen molar-refractivity contribution in [3.05, 3.63) is 30.0 Å². The van der Waals surface area contributed by atoms with Gasteiger partial charge in [-0.05, 0) is 32.3 Å². The van der Waals surface area contributed by atoms with Gasteiger partial charge in [-0.1, -0.05) is 0 Å². The molecule has 0 unspecified atom stereocenters. The minimum absolute atomic E-state index is 0.292. The Bertz CT molecular complexity index is 519. The van der Waals surface area contributed by atoms with Crippen LogP contribution < -0.4 is 5.73 Å². The smallest absolute Gasteiger partial charge is 0.120 e. The van der Waals surface area contributed by atoms with Crippen molar-refractivity contribution in [3.8, 4) is 17.0 Å². The summed E-state index contributed by atoms with van der Waals surface area (Å²) in [5.74, 6) is 0.292. The predicted octanol–water partition coefficient (Wildman–Crippen LogP) is 1.43. The van der Waals surface area contributed by atoms with E-state index >= 15 is 0 Å². The van der Waals surface area contributed by atoms with Gasteiger partial charge in [0.25, 0.3) is 0 Å². The highest BCUT2D eigenvalue weighted by atomic mass is 16.3. The highest BCUT2D eigenvalue weighted by Crippen LogP contribution is 2.28. The highest BCUT2D eigenvalue weighted by Gasteiger charge is 2.08. The van der Waals surface area contributed by atoms with Crippen molar-refractivity contribution >= 4 is 5.69 Å². The maximum absolute atomic E-state index is 9.77. The summed E-state index contributed by atoms with van der Waals surface area (Å²) < 4.78 is 0. The lowest BCUT2D eigenvalue weighted by atomic mass is 10.1. The molecular weight excluding hydrogens is 216 g/mol. The van der Waals surface area contributed by atoms with Crippen molar-refractivity contribution in [2.45, 2.75) is 6.54 Å². The zero-order valence-corrected chi connectivity index (χ0v) is 9.94. The molecule has 0 aliphatic rings. The van der Waals surface area contributed by atoms with Crippen molar-refractivity contribution < 1.29 is 5.11 Å². The van der Waals surface area contributed by atoms with Crippen molar-refractivity contribution in [2.24, 2.45) is 0 Å². The van der Waals surface area contributed by atoms with Crippen molar-refractivity contribution in [3.63, 3.8) is 0 Å². The van der Waals surface area contributed by atoms with Gasteiger partial charge < -0.3 is 15.7 Å². The summed E-state index contributed by atoms with van der Waals surface area (Å²) >= 11 is 0. The van der Waals surface area contributed by atoms with E-state index in [-0.39, 0.29) is 0 Å². The van der Waals surface area contributed by atoms with Crippen molar-refractivity contribution in [2.75, 3.05) is 19.8 Å². The molecule has 0 fully saturated rings. The summed E-state index contributed by atoms with van der Waals surface area (Å²) in [6, 6.07) is 5.41. The molecule has 1 aromatic carbocycles. The molecule has 2 aromatic rings. The van der Waals surface area contributed by atoms with Crippen LogP contribution in [0.25, 0.3) is 11.3 Å². The first-order valence-electron chi connectivity index (χ1n) is 5.34. The van der Waals surface area contributed by atoms with Crippen LogP contribution in [0.4, 0.5) is 5.69 Å². The van der Waals surface area contributed by atoms with Crippen LogP contribution in [0.2, 0.25) is 0 Å². The molecule has 0 amide bonds. The second kappa shape index (κ2) is 4.47. The van der Waals surface area contributed by atoms with Crippen LogP contribution in [0.5, 0.6) is 5.75 Å². The first-order chi connectivity index (χ1) is 8.08. The number of benzene rings is 1. The fourth-order valence-electron chi connectivity index (χ4n) is 1.74. The summed E-state index contributed by atoms with van der Waals surface area (Å²) in [6.07, 6.45) is 1.58. The lowest BCUT2D eigenvalue weighted by Gasteiger charge is -2.12. The molecule has 5 nitrogen and oxygen atoms in total. The number of phenolic OH excluding ortho intramolecular Hbond substituents is 1. The molecule has 0 saturated carbocycles. The predicted molar refractivity (Wildman–Crippen MR) is 67.5 cm³/mol. The number of hydrogen-bond donors (Lipinski definition) is 3. The van der Waals surface area contributed by atoms with E-state index in [0.717, 1.165) is 16.8 Å². The minimum Gasteiger partial charge on any atom is -0.508 e. The normalized spacial score (nSPS) is 11.0. The van der Waals surface area contributed by atoms with Gasteiger partial charge in [-0.3, -0.25) is 5.10 Å². The Morgan fingerprint density at radius 2 is 2.18 bits per heavy atom. The molecule has 0 radical (unpaired) electrons. The number of aromatic hydroxyl groups is 1. The number of anilines is 1. The van der Waals surface area contributed by atoms with E-state index in [2.05, 4.69) is 10.2 Å². The molecule has 0 saturated heterocycles. The quantitative estimate of drug-likeness (QED) is 0.748. The number of hydrogen-bond acceptors (Lipinski definition) is 4. The van der Waals surface area contributed by atoms with Gasteiger partial charge >= 0.3 is 0 Å². The average Bonchev–Trinajstić information content (AvgIpc) is 2.67. The molecular formula is C12H16N4O. The SMILES string of the molecule is CN(C)Cc1cc(-c2[nH]ncc2N)ccc1O. The van der Waals surface area contributed by atoms with Gasteiger partial charge in [0, 0.05) is 17.7 Å². The summed E-state index contributed by atoms with van der Waals surface area (Å²) in [5.41, 5.74) is 8.97. The van der Waals surface area contributed by atoms with E-state index in [1.54, 1.807) is 12.3 Å². The number of aromatic nitrogens is 2. The summed E-state index contributed by atoms with van der Waals surface area (Å²) in [5, 5.41) is 16.5. The molecule has 0 atom stereocenters. The summed E-state index contributed by atoms with van der Waals surface area (Å²) in [4.78, 5) is 2.00. The van der Waals surface area contributed by atoms with Gasteiger partial charge in [-0.15, -0.1) is 0 Å². The number of rotatable bonds is 3. The van der Waals surface area contributed by atoms with Crippen molar-refractivity contribution in [1.29, 1.82) is 0 Å². The van der Waals surface area contributed by atoms with Gasteiger partial charge in [-0.25, -0.2) is 0 Å². The van der Waals surface area contributed by atoms with Crippen molar-refractivity contribution in [1.82, 2.24) is 15.1 Å². The molecule has 0 spiro atoms. The Kier molecular flexibility index (Phi) is 3.01. The van der Waals surface area contributed by atoms with Gasteiger partial charge in [0.05, 0.1) is 17.6 Å². The number of aromatic amines is 1. The Morgan fingerprint density at radius 1 is 1.41 bits per heavy atom. The standard InChI is InChI=1S/C12H16N4O/c1-16(2)7-9-5-8(3-4-11(9)17)12-10(13)6-14-15-12/h3-6,17H,7,13H2,1-2H3,(H,14,15). The molecule has 0 aliphatic carbocycles. The van der Waals surface area contributed by atoms with Crippen LogP contribution in [0.1, 0.15) is 5.56 Å². The molecule has 90 valence electrons. The Hall–Kier alpha value is -2.01. The van der Waals surface area contributed by atoms with Gasteiger partial charge in [0.15, 0.2) is 0 Å². The number of H-pyrrole nitrogens is 1. The molecule has 17 heavy (non-hydrogen) atoms. The zero-order valence-electron chi connectivity index (χ0n) is 9.94. The Labute approximate surface area is 99.9 Å². The van der Waals surface area contributed by atoms with E-state index in [4.69, 9.17) is 5.73 Å². The molecule has 0 aliphatic heterocycles. The zero-order chi connectivity index (χ0) is 12.4. The third kappa shape index (κ3) is 2.39. The third-order valence-corrected chi connectivity index (χ3v) is 2.52. The number of nitrogens with two attached hydrogens (primary N) is 1. The highest BCUT2D eigenvalue weighted by molar-refractivity contribution is 5.72. The first kappa shape index (κ1) is 11.5. The van der Waals surface area contributed by atoms with E-state index in [9.17, 15) is 5.11 Å².